The molecule has 2 rings (SSSR count). The Hall–Kier alpha value is -0.570. The van der Waals surface area contributed by atoms with Crippen LogP contribution in [0, 0.1) is 23.7 Å². The summed E-state index contributed by atoms with van der Waals surface area (Å²) in [7, 11) is 0. The first-order chi connectivity index (χ1) is 9.56. The molecule has 3 unspecified atom stereocenters. The molecule has 0 spiro atoms. The molecule has 2 aliphatic rings. The molecule has 1 aliphatic heterocycles. The molecule has 0 aromatic heterocycles. The molecule has 3 atom stereocenters. The van der Waals surface area contributed by atoms with Crippen molar-refractivity contribution in [3.8, 4) is 0 Å². The van der Waals surface area contributed by atoms with Gasteiger partial charge < -0.3 is 10.6 Å². The number of carbonyl (C=O) groups excluding carboxylic acids is 1. The maximum absolute atomic E-state index is 12.3. The lowest BCUT2D eigenvalue weighted by molar-refractivity contribution is -0.123. The minimum absolute atomic E-state index is 0.293. The number of hydrogen-bond donors (Lipinski definition) is 2. The maximum Gasteiger partial charge on any atom is 0.220 e. The fourth-order valence-electron chi connectivity index (χ4n) is 3.98. The van der Waals surface area contributed by atoms with E-state index in [1.807, 2.05) is 0 Å². The van der Waals surface area contributed by atoms with Crippen LogP contribution in [0.4, 0.5) is 0 Å². The third kappa shape index (κ3) is 4.47. The van der Waals surface area contributed by atoms with Gasteiger partial charge in [-0.3, -0.25) is 4.79 Å². The van der Waals surface area contributed by atoms with Crippen LogP contribution < -0.4 is 10.6 Å². The summed E-state index contributed by atoms with van der Waals surface area (Å²) in [6, 6.07) is 0.410. The van der Waals surface area contributed by atoms with E-state index in [1.54, 1.807) is 0 Å². The van der Waals surface area contributed by atoms with Crippen LogP contribution in [0.2, 0.25) is 0 Å². The first-order valence-electron chi connectivity index (χ1n) is 8.56. The molecule has 0 radical (unpaired) electrons. The second-order valence-electron chi connectivity index (χ2n) is 7.40. The second-order valence-corrected chi connectivity index (χ2v) is 7.40. The molecule has 3 heteroatoms. The Morgan fingerprint density at radius 2 is 1.90 bits per heavy atom. The Morgan fingerprint density at radius 1 is 1.20 bits per heavy atom. The van der Waals surface area contributed by atoms with Crippen LogP contribution in [0.15, 0.2) is 0 Å². The van der Waals surface area contributed by atoms with E-state index in [1.165, 1.54) is 19.3 Å². The quantitative estimate of drug-likeness (QED) is 0.831. The average molecular weight is 280 g/mol. The number of hydrogen-bond acceptors (Lipinski definition) is 2. The van der Waals surface area contributed by atoms with Crippen molar-refractivity contribution in [2.24, 2.45) is 23.7 Å². The third-order valence-corrected chi connectivity index (χ3v) is 5.30. The van der Waals surface area contributed by atoms with Crippen molar-refractivity contribution in [2.75, 3.05) is 13.1 Å². The van der Waals surface area contributed by atoms with Gasteiger partial charge in [-0.25, -0.2) is 0 Å². The van der Waals surface area contributed by atoms with E-state index in [0.717, 1.165) is 38.3 Å². The van der Waals surface area contributed by atoms with Crippen LogP contribution in [-0.2, 0) is 4.79 Å². The SMILES string of the molecule is CC1CCC(C(C)C)C(NC(=O)CC2CCNCC2)C1. The van der Waals surface area contributed by atoms with Gasteiger partial charge in [0.2, 0.25) is 5.91 Å². The topological polar surface area (TPSA) is 41.1 Å². The minimum atomic E-state index is 0.293. The van der Waals surface area contributed by atoms with Gasteiger partial charge in [0.1, 0.15) is 0 Å². The molecule has 116 valence electrons. The van der Waals surface area contributed by atoms with Gasteiger partial charge in [0, 0.05) is 12.5 Å². The molecule has 0 bridgehead atoms. The normalized spacial score (nSPS) is 32.3. The summed E-state index contributed by atoms with van der Waals surface area (Å²) in [5.41, 5.74) is 0. The predicted molar refractivity (Wildman–Crippen MR) is 83.5 cm³/mol. The largest absolute Gasteiger partial charge is 0.353 e. The van der Waals surface area contributed by atoms with Crippen LogP contribution in [-0.4, -0.2) is 25.0 Å². The number of amides is 1. The fraction of sp³-hybridized carbons (Fsp3) is 0.941. The molecular weight excluding hydrogens is 248 g/mol. The first-order valence-corrected chi connectivity index (χ1v) is 8.56. The molecule has 1 aliphatic carbocycles. The van der Waals surface area contributed by atoms with Gasteiger partial charge >= 0.3 is 0 Å². The van der Waals surface area contributed by atoms with Crippen LogP contribution in [0.25, 0.3) is 0 Å². The maximum atomic E-state index is 12.3. The van der Waals surface area contributed by atoms with E-state index in [4.69, 9.17) is 0 Å². The van der Waals surface area contributed by atoms with Gasteiger partial charge in [-0.1, -0.05) is 27.2 Å². The van der Waals surface area contributed by atoms with Crippen molar-refractivity contribution in [1.29, 1.82) is 0 Å². The smallest absolute Gasteiger partial charge is 0.220 e. The van der Waals surface area contributed by atoms with Crippen LogP contribution in [0.3, 0.4) is 0 Å². The Labute approximate surface area is 124 Å². The molecule has 2 fully saturated rings. The van der Waals surface area contributed by atoms with Crippen molar-refractivity contribution in [3.63, 3.8) is 0 Å². The summed E-state index contributed by atoms with van der Waals surface area (Å²) in [4.78, 5) is 12.3. The molecule has 3 nitrogen and oxygen atoms in total. The summed E-state index contributed by atoms with van der Waals surface area (Å²) < 4.78 is 0. The summed E-state index contributed by atoms with van der Waals surface area (Å²) >= 11 is 0. The Kier molecular flexibility index (Phi) is 5.88. The Balaban J connectivity index is 1.83. The third-order valence-electron chi connectivity index (χ3n) is 5.30. The molecule has 1 saturated heterocycles. The standard InChI is InChI=1S/C17H32N2O/c1-12(2)15-5-4-13(3)10-16(15)19-17(20)11-14-6-8-18-9-7-14/h12-16,18H,4-11H2,1-3H3,(H,19,20). The number of nitrogens with one attached hydrogen (secondary N) is 2. The van der Waals surface area contributed by atoms with Crippen LogP contribution >= 0.6 is 0 Å². The molecule has 20 heavy (non-hydrogen) atoms. The van der Waals surface area contributed by atoms with Crippen LogP contribution in [0.1, 0.15) is 59.3 Å². The van der Waals surface area contributed by atoms with Crippen molar-refractivity contribution >= 4 is 5.91 Å². The highest BCUT2D eigenvalue weighted by Gasteiger charge is 2.32. The number of piperidine rings is 1. The van der Waals surface area contributed by atoms with Gasteiger partial charge in [-0.05, 0) is 62.4 Å². The molecule has 1 saturated carbocycles. The van der Waals surface area contributed by atoms with E-state index in [2.05, 4.69) is 31.4 Å². The monoisotopic (exact) mass is 280 g/mol. The van der Waals surface area contributed by atoms with Crippen molar-refractivity contribution in [3.05, 3.63) is 0 Å². The predicted octanol–water partition coefficient (Wildman–Crippen LogP) is 2.95. The zero-order chi connectivity index (χ0) is 14.5. The summed E-state index contributed by atoms with van der Waals surface area (Å²) in [5.74, 6) is 2.99. The molecule has 1 amide bonds. The van der Waals surface area contributed by atoms with E-state index in [-0.39, 0.29) is 0 Å². The lowest BCUT2D eigenvalue weighted by Crippen LogP contribution is -2.46. The molecule has 0 aromatic rings. The minimum Gasteiger partial charge on any atom is -0.353 e. The Bertz CT molecular complexity index is 310. The average Bonchev–Trinajstić information content (AvgIpc) is 2.39. The second kappa shape index (κ2) is 7.44. The van der Waals surface area contributed by atoms with Gasteiger partial charge in [-0.2, -0.15) is 0 Å². The van der Waals surface area contributed by atoms with E-state index in [0.29, 0.717) is 29.7 Å². The molecule has 0 aromatic carbocycles. The zero-order valence-electron chi connectivity index (χ0n) is 13.5. The van der Waals surface area contributed by atoms with Gasteiger partial charge in [-0.15, -0.1) is 0 Å². The highest BCUT2D eigenvalue weighted by molar-refractivity contribution is 5.76. The van der Waals surface area contributed by atoms with E-state index < -0.39 is 0 Å². The molecule has 1 heterocycles. The lowest BCUT2D eigenvalue weighted by Gasteiger charge is -2.38. The zero-order valence-corrected chi connectivity index (χ0v) is 13.5. The van der Waals surface area contributed by atoms with Crippen molar-refractivity contribution < 1.29 is 4.79 Å². The molecule has 2 N–H and O–H groups in total. The van der Waals surface area contributed by atoms with Gasteiger partial charge in [0.05, 0.1) is 0 Å². The van der Waals surface area contributed by atoms with E-state index >= 15 is 0 Å². The molecular formula is C17H32N2O. The number of carbonyl (C=O) groups is 1. The summed E-state index contributed by atoms with van der Waals surface area (Å²) in [5, 5.41) is 6.73. The van der Waals surface area contributed by atoms with Crippen molar-refractivity contribution in [2.45, 2.75) is 65.3 Å². The summed E-state index contributed by atoms with van der Waals surface area (Å²) in [6.07, 6.45) is 6.81. The number of rotatable bonds is 4. The fourth-order valence-corrected chi connectivity index (χ4v) is 3.98. The first kappa shape index (κ1) is 15.8. The highest BCUT2D eigenvalue weighted by Crippen LogP contribution is 2.33. The lowest BCUT2D eigenvalue weighted by atomic mass is 9.74. The van der Waals surface area contributed by atoms with Gasteiger partial charge in [0.15, 0.2) is 0 Å². The van der Waals surface area contributed by atoms with Gasteiger partial charge in [0.25, 0.3) is 0 Å². The van der Waals surface area contributed by atoms with Crippen molar-refractivity contribution in [1.82, 2.24) is 10.6 Å². The van der Waals surface area contributed by atoms with E-state index in [9.17, 15) is 4.79 Å². The van der Waals surface area contributed by atoms with Crippen LogP contribution in [0.5, 0.6) is 0 Å². The Morgan fingerprint density at radius 3 is 2.55 bits per heavy atom. The highest BCUT2D eigenvalue weighted by atomic mass is 16.1. The summed E-state index contributed by atoms with van der Waals surface area (Å²) in [6.45, 7) is 9.07.